The quantitative estimate of drug-likeness (QED) is 0.635. The Kier molecular flexibility index (Phi) is 6.58. The molecule has 1 aromatic carbocycles. The van der Waals surface area contributed by atoms with Crippen molar-refractivity contribution in [2.45, 2.75) is 19.8 Å². The molecule has 2 heterocycles. The maximum atomic E-state index is 13.1. The molecular formula is C21H19N3O2S2. The van der Waals surface area contributed by atoms with Crippen LogP contribution in [0.25, 0.3) is 17.3 Å². The molecule has 28 heavy (non-hydrogen) atoms. The molecule has 0 fully saturated rings. The highest BCUT2D eigenvalue weighted by Crippen LogP contribution is 2.07. The van der Waals surface area contributed by atoms with Crippen molar-refractivity contribution in [1.82, 2.24) is 9.88 Å². The third-order valence-corrected chi connectivity index (χ3v) is 5.84. The molecule has 0 bridgehead atoms. The van der Waals surface area contributed by atoms with Crippen LogP contribution in [0.5, 0.6) is 0 Å². The molecule has 0 aliphatic carbocycles. The van der Waals surface area contributed by atoms with Crippen molar-refractivity contribution < 1.29 is 4.79 Å². The van der Waals surface area contributed by atoms with Gasteiger partial charge in [-0.2, -0.15) is 16.6 Å². The van der Waals surface area contributed by atoms with Crippen LogP contribution in [0, 0.1) is 11.3 Å². The number of nitriles is 1. The predicted molar refractivity (Wildman–Crippen MR) is 114 cm³/mol. The Morgan fingerprint density at radius 2 is 2.07 bits per heavy atom. The summed E-state index contributed by atoms with van der Waals surface area (Å²) in [6, 6.07) is 13.0. The standard InChI is InChI=1S/C21H19N3O2S2/c1-2-3-10-23-19(25)17(13-22)21-24(16-7-5-4-6-8-16)20(26)18(28-21)12-15-9-11-27-14-15/h4-9,11-12,14H,2-3,10H2,1H3,(H,23,25)/b18-12-,21-17-. The first kappa shape index (κ1) is 19.8. The van der Waals surface area contributed by atoms with E-state index in [0.717, 1.165) is 29.7 Å². The Bertz CT molecular complexity index is 1170. The van der Waals surface area contributed by atoms with E-state index in [-0.39, 0.29) is 11.1 Å². The minimum absolute atomic E-state index is 0.0491. The Balaban J connectivity index is 2.26. The van der Waals surface area contributed by atoms with Crippen LogP contribution < -0.4 is 20.1 Å². The van der Waals surface area contributed by atoms with E-state index in [9.17, 15) is 14.9 Å². The highest BCUT2D eigenvalue weighted by atomic mass is 32.1. The smallest absolute Gasteiger partial charge is 0.273 e. The van der Waals surface area contributed by atoms with Crippen molar-refractivity contribution in [1.29, 1.82) is 5.26 Å². The number of benzene rings is 1. The second kappa shape index (κ2) is 9.31. The maximum Gasteiger partial charge on any atom is 0.273 e. The number of carbonyl (C=O) groups is 1. The van der Waals surface area contributed by atoms with Crippen LogP contribution in [0.3, 0.4) is 0 Å². The number of nitrogens with one attached hydrogen (secondary N) is 1. The van der Waals surface area contributed by atoms with Gasteiger partial charge in [-0.1, -0.05) is 31.5 Å². The zero-order valence-corrected chi connectivity index (χ0v) is 17.0. The van der Waals surface area contributed by atoms with Gasteiger partial charge >= 0.3 is 0 Å². The first-order chi connectivity index (χ1) is 13.7. The first-order valence-corrected chi connectivity index (χ1v) is 10.7. The van der Waals surface area contributed by atoms with Gasteiger partial charge in [0.05, 0.1) is 10.2 Å². The SMILES string of the molecule is CCCCNC(=O)/C(C#N)=c1\s/c(=C\c2ccsc2)c(=O)n1-c1ccccc1. The normalized spacial score (nSPS) is 12.5. The average Bonchev–Trinajstić information content (AvgIpc) is 3.32. The minimum atomic E-state index is -0.455. The van der Waals surface area contributed by atoms with Crippen molar-refractivity contribution in [2.75, 3.05) is 6.54 Å². The number of hydrogen-bond donors (Lipinski definition) is 1. The van der Waals surface area contributed by atoms with Crippen molar-refractivity contribution >= 4 is 40.2 Å². The minimum Gasteiger partial charge on any atom is -0.351 e. The van der Waals surface area contributed by atoms with Crippen LogP contribution >= 0.6 is 22.7 Å². The molecule has 5 nitrogen and oxygen atoms in total. The Morgan fingerprint density at radius 3 is 2.71 bits per heavy atom. The zero-order chi connectivity index (χ0) is 19.9. The highest BCUT2D eigenvalue weighted by molar-refractivity contribution is 7.08. The van der Waals surface area contributed by atoms with Crippen LogP contribution in [-0.4, -0.2) is 17.0 Å². The van der Waals surface area contributed by atoms with Crippen LogP contribution in [0.1, 0.15) is 25.3 Å². The molecule has 1 N–H and O–H groups in total. The molecule has 0 radical (unpaired) electrons. The van der Waals surface area contributed by atoms with Crippen molar-refractivity contribution in [3.8, 4) is 11.8 Å². The molecule has 0 spiro atoms. The molecule has 3 aromatic rings. The van der Waals surface area contributed by atoms with Crippen molar-refractivity contribution in [2.24, 2.45) is 0 Å². The van der Waals surface area contributed by atoms with Gasteiger partial charge in [0.15, 0.2) is 5.57 Å². The van der Waals surface area contributed by atoms with E-state index in [2.05, 4.69) is 5.32 Å². The lowest BCUT2D eigenvalue weighted by Crippen LogP contribution is -2.34. The van der Waals surface area contributed by atoms with Gasteiger partial charge in [-0.25, -0.2) is 0 Å². The van der Waals surface area contributed by atoms with Crippen LogP contribution in [0.2, 0.25) is 0 Å². The third kappa shape index (κ3) is 4.30. The molecule has 0 atom stereocenters. The predicted octanol–water partition coefficient (Wildman–Crippen LogP) is 2.38. The lowest BCUT2D eigenvalue weighted by molar-refractivity contribution is -0.115. The third-order valence-electron chi connectivity index (χ3n) is 4.05. The molecule has 2 aromatic heterocycles. The number of para-hydroxylation sites is 1. The number of hydrogen-bond acceptors (Lipinski definition) is 5. The number of thiophene rings is 1. The summed E-state index contributed by atoms with van der Waals surface area (Å²) in [5.41, 5.74) is 1.25. The molecule has 0 aliphatic rings. The van der Waals surface area contributed by atoms with Crippen LogP contribution in [0.4, 0.5) is 0 Å². The largest absolute Gasteiger partial charge is 0.351 e. The lowest BCUT2D eigenvalue weighted by Gasteiger charge is -2.05. The summed E-state index contributed by atoms with van der Waals surface area (Å²) in [4.78, 5) is 25.7. The van der Waals surface area contributed by atoms with E-state index in [1.54, 1.807) is 29.5 Å². The highest BCUT2D eigenvalue weighted by Gasteiger charge is 2.16. The zero-order valence-electron chi connectivity index (χ0n) is 15.3. The summed E-state index contributed by atoms with van der Waals surface area (Å²) in [6.45, 7) is 2.52. The molecule has 3 rings (SSSR count). The van der Waals surface area contributed by atoms with Gasteiger partial charge < -0.3 is 5.32 Å². The van der Waals surface area contributed by atoms with Crippen molar-refractivity contribution in [3.05, 3.63) is 72.3 Å². The topological polar surface area (TPSA) is 74.9 Å². The average molecular weight is 410 g/mol. The summed E-state index contributed by atoms with van der Waals surface area (Å²) in [6.07, 6.45) is 3.56. The van der Waals surface area contributed by atoms with Crippen LogP contribution in [0.15, 0.2) is 52.0 Å². The molecule has 142 valence electrons. The molecule has 1 amide bonds. The number of aromatic nitrogens is 1. The fourth-order valence-electron chi connectivity index (χ4n) is 2.63. The van der Waals surface area contributed by atoms with Gasteiger partial charge in [-0.3, -0.25) is 14.2 Å². The number of rotatable bonds is 6. The Labute approximate surface area is 170 Å². The number of amides is 1. The number of unbranched alkanes of at least 4 members (excludes halogenated alkanes) is 1. The van der Waals surface area contributed by atoms with Crippen LogP contribution in [-0.2, 0) is 4.79 Å². The summed E-state index contributed by atoms with van der Waals surface area (Å²) in [5.74, 6) is -0.455. The van der Waals surface area contributed by atoms with Gasteiger partial charge in [0.1, 0.15) is 10.7 Å². The van der Waals surface area contributed by atoms with Gasteiger partial charge in [-0.15, -0.1) is 11.3 Å². The van der Waals surface area contributed by atoms with E-state index in [1.807, 2.05) is 48.0 Å². The number of thiazole rings is 1. The molecule has 0 saturated heterocycles. The van der Waals surface area contributed by atoms with Gasteiger partial charge in [0, 0.05) is 6.54 Å². The first-order valence-electron chi connectivity index (χ1n) is 8.89. The summed E-state index contributed by atoms with van der Waals surface area (Å²) in [7, 11) is 0. The molecule has 0 saturated carbocycles. The fourth-order valence-corrected chi connectivity index (χ4v) is 4.35. The van der Waals surface area contributed by atoms with Gasteiger partial charge in [0.25, 0.3) is 11.5 Å². The Hall–Kier alpha value is -2.95. The summed E-state index contributed by atoms with van der Waals surface area (Å²) < 4.78 is 2.27. The maximum absolute atomic E-state index is 13.1. The van der Waals surface area contributed by atoms with E-state index in [0.29, 0.717) is 21.4 Å². The second-order valence-corrected chi connectivity index (χ2v) is 7.86. The fraction of sp³-hybridized carbons (Fsp3) is 0.190. The lowest BCUT2D eigenvalue weighted by atomic mass is 10.2. The van der Waals surface area contributed by atoms with Crippen molar-refractivity contribution in [3.63, 3.8) is 0 Å². The molecular weight excluding hydrogens is 390 g/mol. The van der Waals surface area contributed by atoms with E-state index in [4.69, 9.17) is 0 Å². The number of carbonyl (C=O) groups excluding carboxylic acids is 1. The summed E-state index contributed by atoms with van der Waals surface area (Å²) >= 11 is 2.70. The van der Waals surface area contributed by atoms with Gasteiger partial charge in [0.2, 0.25) is 0 Å². The molecule has 0 unspecified atom stereocenters. The van der Waals surface area contributed by atoms with E-state index in [1.165, 1.54) is 4.57 Å². The second-order valence-electron chi connectivity index (χ2n) is 6.04. The Morgan fingerprint density at radius 1 is 1.29 bits per heavy atom. The molecule has 7 heteroatoms. The molecule has 0 aliphatic heterocycles. The summed E-state index contributed by atoms with van der Waals surface area (Å²) in [5, 5.41) is 16.3. The van der Waals surface area contributed by atoms with Gasteiger partial charge in [-0.05, 0) is 47.0 Å². The number of nitrogens with zero attached hydrogens (tertiary/aromatic N) is 2. The van der Waals surface area contributed by atoms with E-state index < -0.39 is 5.91 Å². The van der Waals surface area contributed by atoms with E-state index >= 15 is 0 Å². The monoisotopic (exact) mass is 409 g/mol.